The Bertz CT molecular complexity index is 168. The summed E-state index contributed by atoms with van der Waals surface area (Å²) >= 11 is 0. The molecule has 1 heteroatoms. The van der Waals surface area contributed by atoms with Gasteiger partial charge in [-0.05, 0) is 31.1 Å². The lowest BCUT2D eigenvalue weighted by Crippen LogP contribution is -2.21. The number of hydrogen-bond acceptors (Lipinski definition) is 1. The first-order chi connectivity index (χ1) is 5.94. The van der Waals surface area contributed by atoms with Crippen molar-refractivity contribution < 1.29 is 0 Å². The predicted octanol–water partition coefficient (Wildman–Crippen LogP) is 3.70. The highest BCUT2D eigenvalue weighted by atomic mass is 14.6. The summed E-state index contributed by atoms with van der Waals surface area (Å²) in [5, 5.41) is 0. The summed E-state index contributed by atoms with van der Waals surface area (Å²) in [7, 11) is 0. The van der Waals surface area contributed by atoms with Gasteiger partial charge in [0.05, 0.1) is 0 Å². The normalized spacial score (nSPS) is 15.9. The maximum Gasteiger partial charge on any atom is 0.00373 e. The van der Waals surface area contributed by atoms with Crippen LogP contribution < -0.4 is 5.73 Å². The smallest absolute Gasteiger partial charge is 0.00373 e. The Hall–Kier alpha value is -0.460. The maximum absolute atomic E-state index is 5.78. The van der Waals surface area contributed by atoms with Gasteiger partial charge in [-0.2, -0.15) is 0 Å². The zero-order valence-corrected chi connectivity index (χ0v) is 9.85. The van der Waals surface area contributed by atoms with E-state index in [1.807, 2.05) is 13.0 Å². The number of hydrogen-bond donors (Lipinski definition) is 1. The minimum atomic E-state index is 0.419. The topological polar surface area (TPSA) is 26.0 Å². The van der Waals surface area contributed by atoms with Crippen LogP contribution in [-0.4, -0.2) is 0 Å². The standard InChI is InChI=1S/C12H25N/c1-6-10(3)12(4,5)9-8-11(13)7-2/h7,10H,6,8-9,13H2,1-5H3/b11-7+. The third-order valence-electron chi connectivity index (χ3n) is 3.38. The average Bonchev–Trinajstić information content (AvgIpc) is 2.12. The summed E-state index contributed by atoms with van der Waals surface area (Å²) in [6.45, 7) is 11.3. The SMILES string of the molecule is C/C=C(/N)CCC(C)(C)C(C)CC. The van der Waals surface area contributed by atoms with Gasteiger partial charge in [0.1, 0.15) is 0 Å². The Morgan fingerprint density at radius 3 is 2.38 bits per heavy atom. The molecule has 1 nitrogen and oxygen atoms in total. The fraction of sp³-hybridized carbons (Fsp3) is 0.833. The molecular formula is C12H25N. The second-order valence-corrected chi connectivity index (χ2v) is 4.66. The molecular weight excluding hydrogens is 158 g/mol. The lowest BCUT2D eigenvalue weighted by Gasteiger charge is -2.31. The molecule has 0 aromatic heterocycles. The molecule has 0 aliphatic rings. The summed E-state index contributed by atoms with van der Waals surface area (Å²) in [6, 6.07) is 0. The molecule has 1 atom stereocenters. The predicted molar refractivity (Wildman–Crippen MR) is 60.4 cm³/mol. The van der Waals surface area contributed by atoms with E-state index in [0.717, 1.165) is 18.0 Å². The maximum atomic E-state index is 5.78. The molecule has 0 rings (SSSR count). The number of rotatable bonds is 5. The zero-order valence-electron chi connectivity index (χ0n) is 9.85. The van der Waals surface area contributed by atoms with E-state index in [4.69, 9.17) is 5.73 Å². The van der Waals surface area contributed by atoms with Gasteiger partial charge in [-0.1, -0.05) is 40.2 Å². The Balaban J connectivity index is 4.02. The Kier molecular flexibility index (Phi) is 5.12. The Morgan fingerprint density at radius 1 is 1.46 bits per heavy atom. The molecule has 0 radical (unpaired) electrons. The van der Waals surface area contributed by atoms with Crippen LogP contribution >= 0.6 is 0 Å². The van der Waals surface area contributed by atoms with E-state index < -0.39 is 0 Å². The molecule has 0 spiro atoms. The van der Waals surface area contributed by atoms with Crippen molar-refractivity contribution >= 4 is 0 Å². The van der Waals surface area contributed by atoms with Crippen LogP contribution in [0.25, 0.3) is 0 Å². The molecule has 0 bridgehead atoms. The van der Waals surface area contributed by atoms with E-state index in [-0.39, 0.29) is 0 Å². The van der Waals surface area contributed by atoms with Gasteiger partial charge in [-0.3, -0.25) is 0 Å². The third-order valence-corrected chi connectivity index (χ3v) is 3.38. The van der Waals surface area contributed by atoms with Crippen molar-refractivity contribution in [3.63, 3.8) is 0 Å². The first-order valence-corrected chi connectivity index (χ1v) is 5.34. The van der Waals surface area contributed by atoms with E-state index >= 15 is 0 Å². The quantitative estimate of drug-likeness (QED) is 0.691. The zero-order chi connectivity index (χ0) is 10.5. The molecule has 0 amide bonds. The van der Waals surface area contributed by atoms with Crippen LogP contribution in [0.2, 0.25) is 0 Å². The van der Waals surface area contributed by atoms with Crippen LogP contribution in [0, 0.1) is 11.3 Å². The summed E-state index contributed by atoms with van der Waals surface area (Å²) in [5.41, 5.74) is 7.23. The van der Waals surface area contributed by atoms with Crippen molar-refractivity contribution in [1.29, 1.82) is 0 Å². The lowest BCUT2D eigenvalue weighted by atomic mass is 9.75. The van der Waals surface area contributed by atoms with E-state index in [1.165, 1.54) is 12.8 Å². The molecule has 0 fully saturated rings. The molecule has 0 saturated heterocycles. The lowest BCUT2D eigenvalue weighted by molar-refractivity contribution is 0.206. The van der Waals surface area contributed by atoms with Gasteiger partial charge in [0.2, 0.25) is 0 Å². The molecule has 0 aromatic rings. The van der Waals surface area contributed by atoms with Gasteiger partial charge in [0.25, 0.3) is 0 Å². The summed E-state index contributed by atoms with van der Waals surface area (Å²) in [5.74, 6) is 0.775. The second kappa shape index (κ2) is 5.31. The molecule has 13 heavy (non-hydrogen) atoms. The first kappa shape index (κ1) is 12.5. The van der Waals surface area contributed by atoms with Gasteiger partial charge < -0.3 is 5.73 Å². The van der Waals surface area contributed by atoms with Gasteiger partial charge in [-0.25, -0.2) is 0 Å². The van der Waals surface area contributed by atoms with Crippen LogP contribution in [0.5, 0.6) is 0 Å². The fourth-order valence-corrected chi connectivity index (χ4v) is 1.41. The minimum absolute atomic E-state index is 0.419. The van der Waals surface area contributed by atoms with Gasteiger partial charge in [-0.15, -0.1) is 0 Å². The van der Waals surface area contributed by atoms with Crippen molar-refractivity contribution in [2.24, 2.45) is 17.1 Å². The molecule has 2 N–H and O–H groups in total. The molecule has 0 aromatic carbocycles. The monoisotopic (exact) mass is 183 g/mol. The molecule has 0 heterocycles. The van der Waals surface area contributed by atoms with Crippen LogP contribution in [-0.2, 0) is 0 Å². The van der Waals surface area contributed by atoms with E-state index in [1.54, 1.807) is 0 Å². The molecule has 0 saturated carbocycles. The van der Waals surface area contributed by atoms with Crippen molar-refractivity contribution in [2.75, 3.05) is 0 Å². The Labute approximate surface area is 83.4 Å². The van der Waals surface area contributed by atoms with Crippen molar-refractivity contribution in [1.82, 2.24) is 0 Å². The van der Waals surface area contributed by atoms with Crippen molar-refractivity contribution in [2.45, 2.75) is 53.9 Å². The largest absolute Gasteiger partial charge is 0.402 e. The number of nitrogens with two attached hydrogens (primary N) is 1. The van der Waals surface area contributed by atoms with Crippen LogP contribution in [0.1, 0.15) is 53.9 Å². The van der Waals surface area contributed by atoms with Crippen molar-refractivity contribution in [3.8, 4) is 0 Å². The van der Waals surface area contributed by atoms with E-state index in [0.29, 0.717) is 5.41 Å². The summed E-state index contributed by atoms with van der Waals surface area (Å²) in [4.78, 5) is 0. The molecule has 0 aliphatic carbocycles. The fourth-order valence-electron chi connectivity index (χ4n) is 1.41. The third kappa shape index (κ3) is 4.35. The first-order valence-electron chi connectivity index (χ1n) is 5.34. The van der Waals surface area contributed by atoms with Crippen LogP contribution in [0.4, 0.5) is 0 Å². The van der Waals surface area contributed by atoms with Gasteiger partial charge in [0, 0.05) is 5.70 Å². The highest BCUT2D eigenvalue weighted by Crippen LogP contribution is 2.34. The highest BCUT2D eigenvalue weighted by Gasteiger charge is 2.23. The molecule has 1 unspecified atom stereocenters. The number of allylic oxidation sites excluding steroid dienone is 2. The van der Waals surface area contributed by atoms with Crippen LogP contribution in [0.15, 0.2) is 11.8 Å². The van der Waals surface area contributed by atoms with Crippen molar-refractivity contribution in [3.05, 3.63) is 11.8 Å². The van der Waals surface area contributed by atoms with Gasteiger partial charge in [0.15, 0.2) is 0 Å². The molecule has 0 aliphatic heterocycles. The highest BCUT2D eigenvalue weighted by molar-refractivity contribution is 4.95. The summed E-state index contributed by atoms with van der Waals surface area (Å²) in [6.07, 6.45) is 5.49. The summed E-state index contributed by atoms with van der Waals surface area (Å²) < 4.78 is 0. The average molecular weight is 183 g/mol. The van der Waals surface area contributed by atoms with Crippen LogP contribution in [0.3, 0.4) is 0 Å². The molecule has 78 valence electrons. The van der Waals surface area contributed by atoms with E-state index in [2.05, 4.69) is 27.7 Å². The van der Waals surface area contributed by atoms with E-state index in [9.17, 15) is 0 Å². The Morgan fingerprint density at radius 2 is 2.00 bits per heavy atom. The van der Waals surface area contributed by atoms with Gasteiger partial charge >= 0.3 is 0 Å². The second-order valence-electron chi connectivity index (χ2n) is 4.66. The minimum Gasteiger partial charge on any atom is -0.402 e.